The molecule has 0 aromatic carbocycles. The standard InChI is InChI=1S/C13H17BrN2O2/c1-7-11(14)10(16(2)15-7)6-13(12(17)18)4-8-3-9(8)5-13/h8-9H,3-6H2,1-2H3,(H,17,18). The average Bonchev–Trinajstić information content (AvgIpc) is 2.85. The second kappa shape index (κ2) is 3.83. The fraction of sp³-hybridized carbons (Fsp3) is 0.692. The summed E-state index contributed by atoms with van der Waals surface area (Å²) in [5.41, 5.74) is 1.38. The van der Waals surface area contributed by atoms with Crippen molar-refractivity contribution < 1.29 is 9.90 Å². The molecule has 0 amide bonds. The van der Waals surface area contributed by atoms with E-state index in [0.29, 0.717) is 18.3 Å². The number of aryl methyl sites for hydroxylation is 2. The van der Waals surface area contributed by atoms with Gasteiger partial charge in [0.2, 0.25) is 0 Å². The number of aromatic nitrogens is 2. The fourth-order valence-electron chi connectivity index (χ4n) is 3.48. The van der Waals surface area contributed by atoms with E-state index in [1.807, 2.05) is 18.7 Å². The molecule has 4 nitrogen and oxygen atoms in total. The summed E-state index contributed by atoms with van der Waals surface area (Å²) < 4.78 is 2.78. The third-order valence-electron chi connectivity index (χ3n) is 4.60. The lowest BCUT2D eigenvalue weighted by atomic mass is 9.79. The van der Waals surface area contributed by atoms with Crippen LogP contribution in [0.25, 0.3) is 0 Å². The van der Waals surface area contributed by atoms with Crippen LogP contribution in [-0.2, 0) is 18.3 Å². The van der Waals surface area contributed by atoms with Crippen LogP contribution >= 0.6 is 15.9 Å². The Morgan fingerprint density at radius 3 is 2.61 bits per heavy atom. The van der Waals surface area contributed by atoms with Gasteiger partial charge in [-0.25, -0.2) is 0 Å². The zero-order valence-electron chi connectivity index (χ0n) is 10.6. The van der Waals surface area contributed by atoms with Gasteiger partial charge in [-0.1, -0.05) is 0 Å². The zero-order chi connectivity index (χ0) is 13.1. The van der Waals surface area contributed by atoms with E-state index in [9.17, 15) is 9.90 Å². The molecule has 2 fully saturated rings. The average molecular weight is 313 g/mol. The summed E-state index contributed by atoms with van der Waals surface area (Å²) in [6.07, 6.45) is 3.50. The molecule has 0 spiro atoms. The number of aliphatic carboxylic acids is 1. The SMILES string of the molecule is Cc1nn(C)c(CC2(C(=O)O)CC3CC3C2)c1Br. The molecule has 1 aromatic rings. The second-order valence-corrected chi connectivity index (χ2v) is 6.69. The minimum atomic E-state index is -0.638. The van der Waals surface area contributed by atoms with Gasteiger partial charge in [0.15, 0.2) is 0 Å². The maximum Gasteiger partial charge on any atom is 0.310 e. The van der Waals surface area contributed by atoms with Gasteiger partial charge in [0.25, 0.3) is 0 Å². The Morgan fingerprint density at radius 1 is 1.56 bits per heavy atom. The van der Waals surface area contributed by atoms with E-state index < -0.39 is 11.4 Å². The Hall–Kier alpha value is -0.840. The van der Waals surface area contributed by atoms with Crippen molar-refractivity contribution in [1.82, 2.24) is 9.78 Å². The number of carboxylic acid groups (broad SMARTS) is 1. The van der Waals surface area contributed by atoms with Crippen molar-refractivity contribution in [3.63, 3.8) is 0 Å². The summed E-state index contributed by atoms with van der Waals surface area (Å²) in [5, 5.41) is 14.0. The highest BCUT2D eigenvalue weighted by Crippen LogP contribution is 2.61. The van der Waals surface area contributed by atoms with Gasteiger partial charge in [0, 0.05) is 13.5 Å². The fourth-order valence-corrected chi connectivity index (χ4v) is 3.96. The molecule has 3 rings (SSSR count). The molecule has 5 heteroatoms. The van der Waals surface area contributed by atoms with E-state index in [4.69, 9.17) is 0 Å². The van der Waals surface area contributed by atoms with Crippen LogP contribution < -0.4 is 0 Å². The molecule has 0 aliphatic heterocycles. The first kappa shape index (κ1) is 12.2. The quantitative estimate of drug-likeness (QED) is 0.933. The Labute approximate surface area is 114 Å². The number of nitrogens with zero attached hydrogens (tertiary/aromatic N) is 2. The topological polar surface area (TPSA) is 55.1 Å². The second-order valence-electron chi connectivity index (χ2n) is 5.90. The highest BCUT2D eigenvalue weighted by Gasteiger charge is 2.57. The van der Waals surface area contributed by atoms with Gasteiger partial charge < -0.3 is 5.11 Å². The molecular weight excluding hydrogens is 296 g/mol. The molecule has 1 N–H and O–H groups in total. The molecule has 1 aromatic heterocycles. The largest absolute Gasteiger partial charge is 0.481 e. The highest BCUT2D eigenvalue weighted by atomic mass is 79.9. The Kier molecular flexibility index (Phi) is 2.59. The molecule has 2 atom stereocenters. The molecule has 1 heterocycles. The maximum atomic E-state index is 11.7. The van der Waals surface area contributed by atoms with Crippen LogP contribution in [0.15, 0.2) is 4.47 Å². The van der Waals surface area contributed by atoms with Gasteiger partial charge in [0.1, 0.15) is 0 Å². The molecule has 18 heavy (non-hydrogen) atoms. The monoisotopic (exact) mass is 312 g/mol. The number of hydrogen-bond donors (Lipinski definition) is 1. The zero-order valence-corrected chi connectivity index (χ0v) is 12.2. The first-order valence-corrected chi connectivity index (χ1v) is 7.13. The van der Waals surface area contributed by atoms with Crippen molar-refractivity contribution in [2.24, 2.45) is 24.3 Å². The number of hydrogen-bond acceptors (Lipinski definition) is 2. The Morgan fingerprint density at radius 2 is 2.17 bits per heavy atom. The summed E-state index contributed by atoms with van der Waals surface area (Å²) in [7, 11) is 1.89. The van der Waals surface area contributed by atoms with Crippen LogP contribution in [0.3, 0.4) is 0 Å². The molecule has 2 saturated carbocycles. The number of halogens is 1. The molecule has 2 aliphatic carbocycles. The third kappa shape index (κ3) is 1.71. The van der Waals surface area contributed by atoms with Crippen LogP contribution in [0.4, 0.5) is 0 Å². The van der Waals surface area contributed by atoms with E-state index in [-0.39, 0.29) is 0 Å². The predicted octanol–water partition coefficient (Wildman–Crippen LogP) is 2.53. The Bertz CT molecular complexity index is 513. The highest BCUT2D eigenvalue weighted by molar-refractivity contribution is 9.10. The Balaban J connectivity index is 1.92. The summed E-state index contributed by atoms with van der Waals surface area (Å²) in [5.74, 6) is 0.684. The predicted molar refractivity (Wildman–Crippen MR) is 70.2 cm³/mol. The van der Waals surface area contributed by atoms with Crippen molar-refractivity contribution in [2.45, 2.75) is 32.6 Å². The van der Waals surface area contributed by atoms with Gasteiger partial charge in [-0.2, -0.15) is 5.10 Å². The van der Waals surface area contributed by atoms with E-state index in [2.05, 4.69) is 21.0 Å². The lowest BCUT2D eigenvalue weighted by Gasteiger charge is -2.26. The smallest absolute Gasteiger partial charge is 0.310 e. The number of rotatable bonds is 3. The van der Waals surface area contributed by atoms with Crippen molar-refractivity contribution in [3.8, 4) is 0 Å². The summed E-state index contributed by atoms with van der Waals surface area (Å²) in [6.45, 7) is 1.94. The van der Waals surface area contributed by atoms with E-state index in [1.54, 1.807) is 0 Å². The summed E-state index contributed by atoms with van der Waals surface area (Å²) in [6, 6.07) is 0. The lowest BCUT2D eigenvalue weighted by Crippen LogP contribution is -2.32. The molecule has 0 bridgehead atoms. The van der Waals surface area contributed by atoms with Crippen LogP contribution in [0, 0.1) is 24.2 Å². The molecule has 2 aliphatic rings. The molecular formula is C13H17BrN2O2. The maximum absolute atomic E-state index is 11.7. The first-order valence-electron chi connectivity index (χ1n) is 6.34. The number of carbonyl (C=O) groups is 1. The van der Waals surface area contributed by atoms with Crippen molar-refractivity contribution in [1.29, 1.82) is 0 Å². The molecule has 0 saturated heterocycles. The van der Waals surface area contributed by atoms with Crippen LogP contribution in [0.1, 0.15) is 30.7 Å². The molecule has 2 unspecified atom stereocenters. The molecule has 98 valence electrons. The summed E-state index contributed by atoms with van der Waals surface area (Å²) >= 11 is 3.53. The van der Waals surface area contributed by atoms with Crippen LogP contribution in [0.2, 0.25) is 0 Å². The van der Waals surface area contributed by atoms with Gasteiger partial charge in [-0.3, -0.25) is 9.48 Å². The minimum absolute atomic E-state index is 0.559. The van der Waals surface area contributed by atoms with Crippen molar-refractivity contribution >= 4 is 21.9 Å². The number of carboxylic acids is 1. The van der Waals surface area contributed by atoms with E-state index in [1.165, 1.54) is 6.42 Å². The van der Waals surface area contributed by atoms with Crippen molar-refractivity contribution in [3.05, 3.63) is 15.9 Å². The lowest BCUT2D eigenvalue weighted by molar-refractivity contribution is -0.149. The normalized spacial score (nSPS) is 33.5. The summed E-state index contributed by atoms with van der Waals surface area (Å²) in [4.78, 5) is 11.7. The van der Waals surface area contributed by atoms with Crippen molar-refractivity contribution in [2.75, 3.05) is 0 Å². The van der Waals surface area contributed by atoms with Gasteiger partial charge >= 0.3 is 5.97 Å². The van der Waals surface area contributed by atoms with E-state index >= 15 is 0 Å². The minimum Gasteiger partial charge on any atom is -0.481 e. The van der Waals surface area contributed by atoms with E-state index in [0.717, 1.165) is 28.7 Å². The molecule has 0 radical (unpaired) electrons. The third-order valence-corrected chi connectivity index (χ3v) is 5.63. The first-order chi connectivity index (χ1) is 8.43. The van der Waals surface area contributed by atoms with Gasteiger partial charge in [-0.05, 0) is 54.0 Å². The van der Waals surface area contributed by atoms with Crippen LogP contribution in [0.5, 0.6) is 0 Å². The van der Waals surface area contributed by atoms with Gasteiger partial charge in [-0.15, -0.1) is 0 Å². The number of fused-ring (bicyclic) bond motifs is 1. The van der Waals surface area contributed by atoms with Crippen LogP contribution in [-0.4, -0.2) is 20.9 Å². The van der Waals surface area contributed by atoms with Gasteiger partial charge in [0.05, 0.1) is 21.3 Å².